The molecular formula is C18H23N3O4S. The normalized spacial score (nSPS) is 18.0. The molecule has 0 radical (unpaired) electrons. The molecule has 26 heavy (non-hydrogen) atoms. The van der Waals surface area contributed by atoms with Crippen LogP contribution in [0.4, 0.5) is 5.69 Å². The van der Waals surface area contributed by atoms with E-state index in [2.05, 4.69) is 15.6 Å². The summed E-state index contributed by atoms with van der Waals surface area (Å²) in [5.41, 5.74) is 1.06. The third-order valence-corrected chi connectivity index (χ3v) is 4.73. The monoisotopic (exact) mass is 377 g/mol. The van der Waals surface area contributed by atoms with E-state index in [4.69, 9.17) is 4.74 Å². The van der Waals surface area contributed by atoms with E-state index in [1.165, 1.54) is 18.7 Å². The number of hydrogen-bond donors (Lipinski definition) is 2. The van der Waals surface area contributed by atoms with Gasteiger partial charge in [0.05, 0.1) is 0 Å². The maximum Gasteiger partial charge on any atom is 0.240 e. The number of aliphatic imine (C=N–C) groups is 1. The number of rotatable bonds is 9. The van der Waals surface area contributed by atoms with Gasteiger partial charge >= 0.3 is 0 Å². The molecule has 1 saturated heterocycles. The first-order valence-corrected chi connectivity index (χ1v) is 9.38. The highest BCUT2D eigenvalue weighted by atomic mass is 32.2. The first kappa shape index (κ1) is 20.1. The molecule has 140 valence electrons. The van der Waals surface area contributed by atoms with E-state index in [0.717, 1.165) is 6.42 Å². The topological polar surface area (TPSA) is 96.9 Å². The van der Waals surface area contributed by atoms with Crippen LogP contribution in [0.2, 0.25) is 0 Å². The van der Waals surface area contributed by atoms with E-state index in [9.17, 15) is 14.4 Å². The Kier molecular flexibility index (Phi) is 7.80. The van der Waals surface area contributed by atoms with Gasteiger partial charge in [-0.1, -0.05) is 23.9 Å². The lowest BCUT2D eigenvalue weighted by Crippen LogP contribution is -2.28. The molecular weight excluding hydrogens is 354 g/mol. The van der Waals surface area contributed by atoms with Crippen LogP contribution in [0.5, 0.6) is 0 Å². The van der Waals surface area contributed by atoms with E-state index in [1.807, 2.05) is 6.92 Å². The van der Waals surface area contributed by atoms with Crippen LogP contribution in [0.3, 0.4) is 0 Å². The molecule has 1 atom stereocenters. The van der Waals surface area contributed by atoms with Gasteiger partial charge in [0, 0.05) is 37.4 Å². The van der Waals surface area contributed by atoms with Gasteiger partial charge in [0.25, 0.3) is 0 Å². The number of amidine groups is 1. The quantitative estimate of drug-likeness (QED) is 0.508. The number of anilines is 1. The number of hydrogen-bond acceptors (Lipinski definition) is 6. The Morgan fingerprint density at radius 3 is 2.92 bits per heavy atom. The van der Waals surface area contributed by atoms with Crippen LogP contribution in [0.15, 0.2) is 29.3 Å². The molecule has 1 heterocycles. The van der Waals surface area contributed by atoms with Gasteiger partial charge in [0.15, 0.2) is 11.0 Å². The summed E-state index contributed by atoms with van der Waals surface area (Å²) in [5, 5.41) is 5.46. The van der Waals surface area contributed by atoms with Crippen molar-refractivity contribution in [1.29, 1.82) is 0 Å². The lowest BCUT2D eigenvalue weighted by molar-refractivity contribution is -0.122. The number of Topliss-reactive ketones (excluding diaryl/α,β-unsaturated/α-hetero) is 1. The van der Waals surface area contributed by atoms with E-state index in [-0.39, 0.29) is 24.0 Å². The molecule has 2 rings (SSSR count). The average Bonchev–Trinajstić information content (AvgIpc) is 2.94. The number of amides is 2. The van der Waals surface area contributed by atoms with Crippen LogP contribution in [0, 0.1) is 0 Å². The lowest BCUT2D eigenvalue weighted by Gasteiger charge is -2.08. The minimum atomic E-state index is -0.503. The highest BCUT2D eigenvalue weighted by Gasteiger charge is 2.31. The van der Waals surface area contributed by atoms with Gasteiger partial charge in [-0.05, 0) is 32.4 Å². The van der Waals surface area contributed by atoms with Gasteiger partial charge in [0.1, 0.15) is 5.25 Å². The summed E-state index contributed by atoms with van der Waals surface area (Å²) in [4.78, 5) is 39.9. The summed E-state index contributed by atoms with van der Waals surface area (Å²) in [6.45, 7) is 5.28. The number of ether oxygens (including phenoxy) is 1. The summed E-state index contributed by atoms with van der Waals surface area (Å²) in [6.07, 6.45) is 0.824. The summed E-state index contributed by atoms with van der Waals surface area (Å²) < 4.78 is 5.24. The predicted molar refractivity (Wildman–Crippen MR) is 103 cm³/mol. The zero-order valence-electron chi connectivity index (χ0n) is 14.9. The number of ketones is 1. The lowest BCUT2D eigenvalue weighted by atomic mass is 10.1. The van der Waals surface area contributed by atoms with Gasteiger partial charge in [0.2, 0.25) is 11.8 Å². The Labute approximate surface area is 157 Å². The van der Waals surface area contributed by atoms with Crippen LogP contribution in [0.25, 0.3) is 0 Å². The van der Waals surface area contributed by atoms with Gasteiger partial charge in [-0.15, -0.1) is 0 Å². The summed E-state index contributed by atoms with van der Waals surface area (Å²) in [6, 6.07) is 6.72. The second-order valence-electron chi connectivity index (χ2n) is 5.72. The highest BCUT2D eigenvalue weighted by Crippen LogP contribution is 2.23. The molecule has 0 aliphatic carbocycles. The number of nitrogens with zero attached hydrogens (tertiary/aromatic N) is 1. The maximum atomic E-state index is 12.2. The molecule has 2 N–H and O–H groups in total. The largest absolute Gasteiger partial charge is 0.382 e. The van der Waals surface area contributed by atoms with Crippen LogP contribution in [0.1, 0.15) is 37.0 Å². The highest BCUT2D eigenvalue weighted by molar-refractivity contribution is 8.15. The minimum absolute atomic E-state index is 0.0404. The predicted octanol–water partition coefficient (Wildman–Crippen LogP) is 2.23. The Hall–Kier alpha value is -2.19. The van der Waals surface area contributed by atoms with Gasteiger partial charge in [-0.2, -0.15) is 0 Å². The van der Waals surface area contributed by atoms with Crippen molar-refractivity contribution in [2.24, 2.45) is 4.99 Å². The first-order valence-electron chi connectivity index (χ1n) is 8.50. The average molecular weight is 377 g/mol. The van der Waals surface area contributed by atoms with Crippen molar-refractivity contribution in [2.45, 2.75) is 31.9 Å². The Morgan fingerprint density at radius 2 is 2.19 bits per heavy atom. The van der Waals surface area contributed by atoms with E-state index < -0.39 is 5.25 Å². The fraction of sp³-hybridized carbons (Fsp3) is 0.444. The van der Waals surface area contributed by atoms with Crippen molar-refractivity contribution >= 4 is 40.2 Å². The van der Waals surface area contributed by atoms with Crippen molar-refractivity contribution in [1.82, 2.24) is 5.32 Å². The molecule has 0 saturated carbocycles. The maximum absolute atomic E-state index is 12.2. The molecule has 8 heteroatoms. The van der Waals surface area contributed by atoms with E-state index in [1.54, 1.807) is 24.3 Å². The van der Waals surface area contributed by atoms with E-state index in [0.29, 0.717) is 36.2 Å². The third kappa shape index (κ3) is 6.27. The molecule has 1 aliphatic rings. The van der Waals surface area contributed by atoms with Gasteiger partial charge < -0.3 is 15.4 Å². The molecule has 1 aromatic rings. The van der Waals surface area contributed by atoms with Crippen molar-refractivity contribution in [3.8, 4) is 0 Å². The molecule has 2 amide bonds. The second-order valence-corrected chi connectivity index (χ2v) is 6.91. The van der Waals surface area contributed by atoms with Gasteiger partial charge in [-0.3, -0.25) is 19.4 Å². The van der Waals surface area contributed by atoms with Crippen LogP contribution in [-0.4, -0.2) is 47.8 Å². The van der Waals surface area contributed by atoms with Crippen molar-refractivity contribution in [3.05, 3.63) is 29.8 Å². The number of carbonyl (C=O) groups excluding carboxylic acids is 3. The first-order chi connectivity index (χ1) is 12.5. The minimum Gasteiger partial charge on any atom is -0.382 e. The van der Waals surface area contributed by atoms with Crippen molar-refractivity contribution < 1.29 is 19.1 Å². The standard InChI is InChI=1S/C18H23N3O4S/c1-3-25-9-5-8-19-18-21-17(24)15(26-18)11-16(23)20-14-7-4-6-13(10-14)12(2)22/h4,6-7,10,15H,3,5,8-9,11H2,1-2H3,(H,20,23)(H,19,21,24)/t15-/m0/s1. The van der Waals surface area contributed by atoms with Crippen LogP contribution < -0.4 is 10.6 Å². The van der Waals surface area contributed by atoms with Crippen molar-refractivity contribution in [2.75, 3.05) is 25.1 Å². The molecule has 1 aliphatic heterocycles. The van der Waals surface area contributed by atoms with Crippen molar-refractivity contribution in [3.63, 3.8) is 0 Å². The molecule has 0 aromatic heterocycles. The number of nitrogens with one attached hydrogen (secondary N) is 2. The van der Waals surface area contributed by atoms with Gasteiger partial charge in [-0.25, -0.2) is 0 Å². The SMILES string of the molecule is CCOCCCN=C1NC(=O)[C@H](CC(=O)Nc2cccc(C(C)=O)c2)S1. The zero-order valence-corrected chi connectivity index (χ0v) is 15.7. The molecule has 0 unspecified atom stereocenters. The summed E-state index contributed by atoms with van der Waals surface area (Å²) >= 11 is 1.26. The Balaban J connectivity index is 1.83. The fourth-order valence-electron chi connectivity index (χ4n) is 2.30. The number of carbonyl (C=O) groups is 3. The molecule has 1 aromatic carbocycles. The zero-order chi connectivity index (χ0) is 18.9. The summed E-state index contributed by atoms with van der Waals surface area (Å²) in [5.74, 6) is -0.570. The second kappa shape index (κ2) is 10.1. The Morgan fingerprint density at radius 1 is 1.38 bits per heavy atom. The Bertz CT molecular complexity index is 705. The molecule has 7 nitrogen and oxygen atoms in total. The number of benzene rings is 1. The fourth-order valence-corrected chi connectivity index (χ4v) is 3.30. The smallest absolute Gasteiger partial charge is 0.240 e. The summed E-state index contributed by atoms with van der Waals surface area (Å²) in [7, 11) is 0. The molecule has 0 bridgehead atoms. The van der Waals surface area contributed by atoms with Crippen LogP contribution in [-0.2, 0) is 14.3 Å². The van der Waals surface area contributed by atoms with Crippen LogP contribution >= 0.6 is 11.8 Å². The third-order valence-electron chi connectivity index (χ3n) is 3.61. The number of thioether (sulfide) groups is 1. The molecule has 1 fully saturated rings. The van der Waals surface area contributed by atoms with E-state index >= 15 is 0 Å². The molecule has 0 spiro atoms.